The van der Waals surface area contributed by atoms with Crippen molar-refractivity contribution in [3.05, 3.63) is 65.2 Å². The largest absolute Gasteiger partial charge is 0.497 e. The highest BCUT2D eigenvalue weighted by Crippen LogP contribution is 2.12. The number of hydrogen-bond donors (Lipinski definition) is 1. The molecule has 0 aliphatic heterocycles. The van der Waals surface area contributed by atoms with Crippen LogP contribution in [-0.4, -0.2) is 19.6 Å². The van der Waals surface area contributed by atoms with Crippen LogP contribution in [0, 0.1) is 6.92 Å². The summed E-state index contributed by atoms with van der Waals surface area (Å²) in [6, 6.07) is 16.0. The molecule has 2 aromatic rings. The van der Waals surface area contributed by atoms with Crippen LogP contribution in [0.5, 0.6) is 5.75 Å². The molecule has 2 rings (SSSR count). The summed E-state index contributed by atoms with van der Waals surface area (Å²) in [4.78, 5) is 11.9. The Balaban J connectivity index is 1.77. The molecule has 0 aliphatic rings. The first-order valence-electron chi connectivity index (χ1n) is 7.12. The highest BCUT2D eigenvalue weighted by Gasteiger charge is 2.03. The summed E-state index contributed by atoms with van der Waals surface area (Å²) in [6.07, 6.45) is 1.23. The van der Waals surface area contributed by atoms with Gasteiger partial charge in [-0.25, -0.2) is 0 Å². The van der Waals surface area contributed by atoms with E-state index in [9.17, 15) is 4.79 Å². The molecule has 0 spiro atoms. The fourth-order valence-electron chi connectivity index (χ4n) is 2.13. The van der Waals surface area contributed by atoms with E-state index in [2.05, 4.69) is 5.32 Å². The highest BCUT2D eigenvalue weighted by atomic mass is 16.5. The standard InChI is InChI=1S/C18H21NO2/c1-14-6-8-16(9-7-14)13-18(20)19-11-10-15-4-3-5-17(12-15)21-2/h3-9,12H,10-11,13H2,1-2H3,(H,19,20). The van der Waals surface area contributed by atoms with Crippen molar-refractivity contribution in [2.45, 2.75) is 19.8 Å². The van der Waals surface area contributed by atoms with E-state index in [1.807, 2.05) is 55.5 Å². The fraction of sp³-hybridized carbons (Fsp3) is 0.278. The van der Waals surface area contributed by atoms with Gasteiger partial charge in [0, 0.05) is 6.54 Å². The van der Waals surface area contributed by atoms with Gasteiger partial charge in [0.25, 0.3) is 0 Å². The van der Waals surface area contributed by atoms with Gasteiger partial charge in [0.2, 0.25) is 5.91 Å². The molecule has 0 aromatic heterocycles. The Bertz CT molecular complexity index is 590. The zero-order valence-corrected chi connectivity index (χ0v) is 12.6. The number of methoxy groups -OCH3 is 1. The molecule has 0 heterocycles. The number of benzene rings is 2. The van der Waals surface area contributed by atoms with Crippen LogP contribution in [0.3, 0.4) is 0 Å². The molecule has 1 N–H and O–H groups in total. The van der Waals surface area contributed by atoms with Gasteiger partial charge in [0.1, 0.15) is 5.75 Å². The van der Waals surface area contributed by atoms with E-state index in [4.69, 9.17) is 4.74 Å². The number of nitrogens with one attached hydrogen (secondary N) is 1. The first-order valence-corrected chi connectivity index (χ1v) is 7.12. The van der Waals surface area contributed by atoms with Gasteiger partial charge in [-0.1, -0.05) is 42.0 Å². The van der Waals surface area contributed by atoms with Gasteiger partial charge in [0.15, 0.2) is 0 Å². The zero-order valence-electron chi connectivity index (χ0n) is 12.6. The van der Waals surface area contributed by atoms with Crippen LogP contribution in [0.2, 0.25) is 0 Å². The molecule has 2 aromatic carbocycles. The van der Waals surface area contributed by atoms with Gasteiger partial charge >= 0.3 is 0 Å². The molecule has 0 bridgehead atoms. The molecule has 0 unspecified atom stereocenters. The van der Waals surface area contributed by atoms with Crippen molar-refractivity contribution >= 4 is 5.91 Å². The van der Waals surface area contributed by atoms with Crippen molar-refractivity contribution in [3.8, 4) is 5.75 Å². The lowest BCUT2D eigenvalue weighted by molar-refractivity contribution is -0.120. The summed E-state index contributed by atoms with van der Waals surface area (Å²) < 4.78 is 5.18. The number of rotatable bonds is 6. The number of carbonyl (C=O) groups is 1. The van der Waals surface area contributed by atoms with Crippen LogP contribution >= 0.6 is 0 Å². The van der Waals surface area contributed by atoms with E-state index < -0.39 is 0 Å². The molecule has 21 heavy (non-hydrogen) atoms. The SMILES string of the molecule is COc1cccc(CCNC(=O)Cc2ccc(C)cc2)c1. The van der Waals surface area contributed by atoms with Crippen LogP contribution in [0.1, 0.15) is 16.7 Å². The van der Waals surface area contributed by atoms with Crippen LogP contribution in [-0.2, 0) is 17.6 Å². The Morgan fingerprint density at radius 3 is 2.57 bits per heavy atom. The van der Waals surface area contributed by atoms with E-state index in [0.717, 1.165) is 23.3 Å². The predicted octanol–water partition coefficient (Wildman–Crippen LogP) is 2.91. The lowest BCUT2D eigenvalue weighted by Crippen LogP contribution is -2.27. The maximum atomic E-state index is 11.9. The minimum Gasteiger partial charge on any atom is -0.497 e. The molecular weight excluding hydrogens is 262 g/mol. The maximum absolute atomic E-state index is 11.9. The van der Waals surface area contributed by atoms with Crippen molar-refractivity contribution in [2.75, 3.05) is 13.7 Å². The van der Waals surface area contributed by atoms with Crippen molar-refractivity contribution < 1.29 is 9.53 Å². The third-order valence-electron chi connectivity index (χ3n) is 3.36. The summed E-state index contributed by atoms with van der Waals surface area (Å²) in [5.41, 5.74) is 3.40. The molecule has 0 saturated heterocycles. The number of aryl methyl sites for hydroxylation is 1. The number of amides is 1. The first kappa shape index (κ1) is 15.1. The molecular formula is C18H21NO2. The Morgan fingerprint density at radius 2 is 1.86 bits per heavy atom. The molecule has 0 saturated carbocycles. The van der Waals surface area contributed by atoms with Gasteiger partial charge in [-0.3, -0.25) is 4.79 Å². The number of ether oxygens (including phenoxy) is 1. The number of hydrogen-bond acceptors (Lipinski definition) is 2. The third-order valence-corrected chi connectivity index (χ3v) is 3.36. The summed E-state index contributed by atoms with van der Waals surface area (Å²) in [7, 11) is 1.66. The van der Waals surface area contributed by atoms with Crippen molar-refractivity contribution in [3.63, 3.8) is 0 Å². The maximum Gasteiger partial charge on any atom is 0.224 e. The molecule has 1 amide bonds. The molecule has 0 fully saturated rings. The molecule has 0 aliphatic carbocycles. The predicted molar refractivity (Wildman–Crippen MR) is 84.6 cm³/mol. The summed E-state index contributed by atoms with van der Waals surface area (Å²) in [5.74, 6) is 0.903. The van der Waals surface area contributed by atoms with Crippen LogP contribution in [0.25, 0.3) is 0 Å². The lowest BCUT2D eigenvalue weighted by Gasteiger charge is -2.07. The normalized spacial score (nSPS) is 10.2. The fourth-order valence-corrected chi connectivity index (χ4v) is 2.13. The van der Waals surface area contributed by atoms with Gasteiger partial charge < -0.3 is 10.1 Å². The second kappa shape index (κ2) is 7.48. The number of carbonyl (C=O) groups excluding carboxylic acids is 1. The monoisotopic (exact) mass is 283 g/mol. The van der Waals surface area contributed by atoms with E-state index in [1.54, 1.807) is 7.11 Å². The van der Waals surface area contributed by atoms with Crippen LogP contribution < -0.4 is 10.1 Å². The van der Waals surface area contributed by atoms with Gasteiger partial charge in [-0.05, 0) is 36.6 Å². The van der Waals surface area contributed by atoms with E-state index in [0.29, 0.717) is 13.0 Å². The second-order valence-corrected chi connectivity index (χ2v) is 5.11. The molecule has 110 valence electrons. The smallest absolute Gasteiger partial charge is 0.224 e. The molecule has 0 radical (unpaired) electrons. The average Bonchev–Trinajstić information content (AvgIpc) is 2.50. The van der Waals surface area contributed by atoms with E-state index >= 15 is 0 Å². The summed E-state index contributed by atoms with van der Waals surface area (Å²) in [5, 5.41) is 2.95. The van der Waals surface area contributed by atoms with Crippen molar-refractivity contribution in [1.29, 1.82) is 0 Å². The quantitative estimate of drug-likeness (QED) is 0.885. The Morgan fingerprint density at radius 1 is 1.10 bits per heavy atom. The molecule has 3 heteroatoms. The Hall–Kier alpha value is -2.29. The van der Waals surface area contributed by atoms with Crippen LogP contribution in [0.4, 0.5) is 0 Å². The summed E-state index contributed by atoms with van der Waals surface area (Å²) in [6.45, 7) is 2.68. The lowest BCUT2D eigenvalue weighted by atomic mass is 10.1. The molecule has 3 nitrogen and oxygen atoms in total. The first-order chi connectivity index (χ1) is 10.2. The Labute approximate surface area is 126 Å². The molecule has 0 atom stereocenters. The third kappa shape index (κ3) is 4.95. The van der Waals surface area contributed by atoms with E-state index in [1.165, 1.54) is 5.56 Å². The van der Waals surface area contributed by atoms with Gasteiger partial charge in [-0.15, -0.1) is 0 Å². The zero-order chi connectivity index (χ0) is 15.1. The topological polar surface area (TPSA) is 38.3 Å². The van der Waals surface area contributed by atoms with Gasteiger partial charge in [0.05, 0.1) is 13.5 Å². The minimum absolute atomic E-state index is 0.0572. The highest BCUT2D eigenvalue weighted by molar-refractivity contribution is 5.78. The van der Waals surface area contributed by atoms with Crippen LogP contribution in [0.15, 0.2) is 48.5 Å². The average molecular weight is 283 g/mol. The Kier molecular flexibility index (Phi) is 5.38. The van der Waals surface area contributed by atoms with Crippen molar-refractivity contribution in [1.82, 2.24) is 5.32 Å². The van der Waals surface area contributed by atoms with E-state index in [-0.39, 0.29) is 5.91 Å². The van der Waals surface area contributed by atoms with Crippen molar-refractivity contribution in [2.24, 2.45) is 0 Å². The summed E-state index contributed by atoms with van der Waals surface area (Å²) >= 11 is 0. The second-order valence-electron chi connectivity index (χ2n) is 5.11. The van der Waals surface area contributed by atoms with Gasteiger partial charge in [-0.2, -0.15) is 0 Å². The minimum atomic E-state index is 0.0572.